The maximum absolute atomic E-state index is 12.6. The van der Waals surface area contributed by atoms with Crippen molar-refractivity contribution >= 4 is 16.1 Å². The van der Waals surface area contributed by atoms with E-state index in [0.29, 0.717) is 58.8 Å². The number of carbonyl (C=O) groups excluding carboxylic acids is 1. The summed E-state index contributed by atoms with van der Waals surface area (Å²) in [6, 6.07) is 0. The highest BCUT2D eigenvalue weighted by Gasteiger charge is 2.35. The highest BCUT2D eigenvalue weighted by Crippen LogP contribution is 2.22. The monoisotopic (exact) mass is 349 g/mol. The van der Waals surface area contributed by atoms with Gasteiger partial charge in [-0.2, -0.15) is 17.0 Å². The molecule has 2 aliphatic rings. The van der Waals surface area contributed by atoms with Crippen LogP contribution in [0.4, 0.5) is 0 Å². The Hall–Kier alpha value is -0.740. The quantitative estimate of drug-likeness (QED) is 0.557. The minimum absolute atomic E-state index is 0.0506. The Labute approximate surface area is 138 Å². The van der Waals surface area contributed by atoms with Crippen molar-refractivity contribution in [1.29, 1.82) is 0 Å². The van der Waals surface area contributed by atoms with E-state index in [9.17, 15) is 13.2 Å². The number of rotatable bonds is 6. The van der Waals surface area contributed by atoms with Crippen molar-refractivity contribution in [2.24, 2.45) is 5.92 Å². The van der Waals surface area contributed by atoms with E-state index in [4.69, 9.17) is 4.74 Å². The van der Waals surface area contributed by atoms with Gasteiger partial charge in [0.15, 0.2) is 0 Å². The van der Waals surface area contributed by atoms with Gasteiger partial charge in [0, 0.05) is 32.1 Å². The molecule has 0 radical (unpaired) electrons. The lowest BCUT2D eigenvalue weighted by molar-refractivity contribution is -0.856. The molecule has 23 heavy (non-hydrogen) atoms. The van der Waals surface area contributed by atoms with Gasteiger partial charge >= 0.3 is 0 Å². The fourth-order valence-electron chi connectivity index (χ4n) is 2.87. The number of quaternary nitrogens is 1. The van der Waals surface area contributed by atoms with Crippen LogP contribution in [0.2, 0.25) is 0 Å². The van der Waals surface area contributed by atoms with E-state index in [1.165, 1.54) is 13.5 Å². The summed E-state index contributed by atoms with van der Waals surface area (Å²) in [6.45, 7) is 4.10. The molecule has 1 amide bonds. The SMILES string of the molecule is C[NH+](C)CCNC(=O)C1CCN(S(=O)(=O)N2CCOCC2)CC1. The van der Waals surface area contributed by atoms with Crippen LogP contribution in [0, 0.1) is 5.92 Å². The standard InChI is InChI=1S/C14H28N4O4S/c1-16(2)8-5-15-14(19)13-3-6-17(7-4-13)23(20,21)18-9-11-22-12-10-18/h13H,3-12H2,1-2H3,(H,15,19)/p+1. The number of likely N-dealkylation sites (N-methyl/N-ethyl adjacent to an activating group) is 1. The number of nitrogens with one attached hydrogen (secondary N) is 2. The molecular formula is C14H29N4O4S+. The number of ether oxygens (including phenoxy) is 1. The first-order chi connectivity index (χ1) is 10.9. The second kappa shape index (κ2) is 8.39. The predicted octanol–water partition coefficient (Wildman–Crippen LogP) is -2.46. The number of carbonyl (C=O) groups is 1. The zero-order valence-corrected chi connectivity index (χ0v) is 14.9. The van der Waals surface area contributed by atoms with Crippen molar-refractivity contribution in [2.45, 2.75) is 12.8 Å². The maximum Gasteiger partial charge on any atom is 0.282 e. The lowest BCUT2D eigenvalue weighted by atomic mass is 9.97. The third kappa shape index (κ3) is 5.12. The van der Waals surface area contributed by atoms with E-state index >= 15 is 0 Å². The molecule has 2 N–H and O–H groups in total. The Balaban J connectivity index is 1.79. The molecule has 2 fully saturated rings. The third-order valence-electron chi connectivity index (χ3n) is 4.37. The summed E-state index contributed by atoms with van der Waals surface area (Å²) >= 11 is 0. The molecule has 0 aromatic carbocycles. The van der Waals surface area contributed by atoms with Gasteiger partial charge in [-0.25, -0.2) is 0 Å². The Morgan fingerprint density at radius 2 is 1.70 bits per heavy atom. The van der Waals surface area contributed by atoms with Gasteiger partial charge in [0.25, 0.3) is 10.2 Å². The first-order valence-electron chi connectivity index (χ1n) is 8.31. The third-order valence-corrected chi connectivity index (χ3v) is 6.41. The fourth-order valence-corrected chi connectivity index (χ4v) is 4.48. The smallest absolute Gasteiger partial charge is 0.282 e. The molecule has 0 aliphatic carbocycles. The first kappa shape index (κ1) is 18.6. The molecule has 2 aliphatic heterocycles. The van der Waals surface area contributed by atoms with Crippen LogP contribution < -0.4 is 10.2 Å². The van der Waals surface area contributed by atoms with Crippen LogP contribution in [0.3, 0.4) is 0 Å². The van der Waals surface area contributed by atoms with Crippen LogP contribution in [0.25, 0.3) is 0 Å². The normalized spacial score (nSPS) is 22.4. The van der Waals surface area contributed by atoms with Crippen LogP contribution in [-0.2, 0) is 19.7 Å². The van der Waals surface area contributed by atoms with Crippen LogP contribution in [0.5, 0.6) is 0 Å². The Morgan fingerprint density at radius 3 is 2.26 bits per heavy atom. The molecule has 0 bridgehead atoms. The first-order valence-corrected chi connectivity index (χ1v) is 9.70. The van der Waals surface area contributed by atoms with Crippen molar-refractivity contribution in [3.05, 3.63) is 0 Å². The van der Waals surface area contributed by atoms with E-state index < -0.39 is 10.2 Å². The van der Waals surface area contributed by atoms with Gasteiger partial charge in [-0.1, -0.05) is 0 Å². The maximum atomic E-state index is 12.6. The molecule has 0 atom stereocenters. The van der Waals surface area contributed by atoms with Gasteiger partial charge < -0.3 is 15.0 Å². The zero-order valence-electron chi connectivity index (χ0n) is 14.1. The van der Waals surface area contributed by atoms with Gasteiger partial charge in [0.1, 0.15) is 0 Å². The van der Waals surface area contributed by atoms with E-state index in [1.807, 2.05) is 14.1 Å². The summed E-state index contributed by atoms with van der Waals surface area (Å²) in [4.78, 5) is 13.4. The number of morpholine rings is 1. The molecule has 2 heterocycles. The van der Waals surface area contributed by atoms with E-state index in [1.54, 1.807) is 0 Å². The second-order valence-corrected chi connectivity index (χ2v) is 8.37. The number of nitrogens with zero attached hydrogens (tertiary/aromatic N) is 2. The minimum Gasteiger partial charge on any atom is -0.379 e. The van der Waals surface area contributed by atoms with Crippen LogP contribution in [0.15, 0.2) is 0 Å². The molecule has 0 saturated carbocycles. The van der Waals surface area contributed by atoms with E-state index in [0.717, 1.165) is 6.54 Å². The van der Waals surface area contributed by atoms with Crippen molar-refractivity contribution in [3.8, 4) is 0 Å². The van der Waals surface area contributed by atoms with Crippen molar-refractivity contribution in [1.82, 2.24) is 13.9 Å². The van der Waals surface area contributed by atoms with Crippen molar-refractivity contribution in [2.75, 3.05) is 66.6 Å². The topological polar surface area (TPSA) is 83.4 Å². The summed E-state index contributed by atoms with van der Waals surface area (Å²) in [5, 5.41) is 2.95. The Kier molecular flexibility index (Phi) is 6.78. The van der Waals surface area contributed by atoms with Crippen LogP contribution >= 0.6 is 0 Å². The average molecular weight is 349 g/mol. The molecule has 0 spiro atoms. The van der Waals surface area contributed by atoms with Crippen molar-refractivity contribution in [3.63, 3.8) is 0 Å². The van der Waals surface area contributed by atoms with Gasteiger partial charge in [-0.3, -0.25) is 4.79 Å². The van der Waals surface area contributed by atoms with Crippen LogP contribution in [0.1, 0.15) is 12.8 Å². The second-order valence-electron chi connectivity index (χ2n) is 6.44. The molecule has 0 aromatic rings. The molecule has 2 saturated heterocycles. The molecule has 9 heteroatoms. The molecule has 8 nitrogen and oxygen atoms in total. The number of piperidine rings is 1. The fraction of sp³-hybridized carbons (Fsp3) is 0.929. The highest BCUT2D eigenvalue weighted by atomic mass is 32.2. The summed E-state index contributed by atoms with van der Waals surface area (Å²) < 4.78 is 33.3. The van der Waals surface area contributed by atoms with Gasteiger partial charge in [-0.15, -0.1) is 0 Å². The number of amides is 1. The summed E-state index contributed by atoms with van der Waals surface area (Å²) in [5.41, 5.74) is 0. The Morgan fingerprint density at radius 1 is 1.13 bits per heavy atom. The zero-order chi connectivity index (χ0) is 16.9. The van der Waals surface area contributed by atoms with Gasteiger partial charge in [-0.05, 0) is 12.8 Å². The molecule has 2 rings (SSSR count). The summed E-state index contributed by atoms with van der Waals surface area (Å²) in [7, 11) is 0.675. The van der Waals surface area contributed by atoms with E-state index in [-0.39, 0.29) is 11.8 Å². The van der Waals surface area contributed by atoms with Crippen molar-refractivity contribution < 1.29 is 22.8 Å². The number of hydrogen-bond donors (Lipinski definition) is 2. The Bertz CT molecular complexity index is 483. The largest absolute Gasteiger partial charge is 0.379 e. The van der Waals surface area contributed by atoms with Gasteiger partial charge in [0.2, 0.25) is 5.91 Å². The minimum atomic E-state index is -3.41. The predicted molar refractivity (Wildman–Crippen MR) is 86.3 cm³/mol. The number of hydrogen-bond acceptors (Lipinski definition) is 4. The highest BCUT2D eigenvalue weighted by molar-refractivity contribution is 7.86. The van der Waals surface area contributed by atoms with E-state index in [2.05, 4.69) is 5.32 Å². The summed E-state index contributed by atoms with van der Waals surface area (Å²) in [6.07, 6.45) is 1.18. The lowest BCUT2D eigenvalue weighted by Crippen LogP contribution is -3.06. The lowest BCUT2D eigenvalue weighted by Gasteiger charge is -2.35. The average Bonchev–Trinajstić information content (AvgIpc) is 2.55. The molecule has 134 valence electrons. The van der Waals surface area contributed by atoms with Crippen LogP contribution in [-0.4, -0.2) is 89.5 Å². The van der Waals surface area contributed by atoms with Gasteiger partial charge in [0.05, 0.1) is 40.4 Å². The molecule has 0 unspecified atom stereocenters. The molecule has 0 aromatic heterocycles. The summed E-state index contributed by atoms with van der Waals surface area (Å²) in [5.74, 6) is -0.0297. The molecular weight excluding hydrogens is 320 g/mol.